The maximum Gasteiger partial charge on any atom is 0.407 e. The molecule has 0 aromatic carbocycles. The highest BCUT2D eigenvalue weighted by atomic mass is 16.6. The molecule has 1 aromatic rings. The lowest BCUT2D eigenvalue weighted by Crippen LogP contribution is -2.36. The van der Waals surface area contributed by atoms with Crippen LogP contribution in [0.1, 0.15) is 44.2 Å². The van der Waals surface area contributed by atoms with E-state index in [-0.39, 0.29) is 6.54 Å². The number of nitrogens with zero attached hydrogens (tertiary/aromatic N) is 1. The van der Waals surface area contributed by atoms with Crippen LogP contribution in [0.15, 0.2) is 4.42 Å². The fraction of sp³-hybridized carbons (Fsp3) is 0.667. The second kappa shape index (κ2) is 5.39. The number of hydrogen-bond acceptors (Lipinski definition) is 5. The van der Waals surface area contributed by atoms with E-state index < -0.39 is 17.7 Å². The topological polar surface area (TPSA) is 90.4 Å². The third kappa shape index (κ3) is 4.37. The number of rotatable bonds is 3. The molecule has 6 heteroatoms. The zero-order valence-electron chi connectivity index (χ0n) is 11.5. The number of alkyl carbamates (subject to hydrolysis) is 1. The van der Waals surface area contributed by atoms with Crippen LogP contribution in [0.25, 0.3) is 0 Å². The average molecular weight is 255 g/mol. The first-order valence-electron chi connectivity index (χ1n) is 5.85. The van der Waals surface area contributed by atoms with Crippen LogP contribution in [0.4, 0.5) is 4.79 Å². The van der Waals surface area contributed by atoms with Gasteiger partial charge in [0.05, 0.1) is 11.7 Å². The minimum atomic E-state index is -0.524. The minimum Gasteiger partial charge on any atom is -0.444 e. The lowest BCUT2D eigenvalue weighted by Gasteiger charge is -2.20. The molecule has 0 radical (unpaired) electrons. The molecular weight excluding hydrogens is 234 g/mol. The van der Waals surface area contributed by atoms with Crippen molar-refractivity contribution in [2.75, 3.05) is 6.54 Å². The van der Waals surface area contributed by atoms with Crippen molar-refractivity contribution in [3.05, 3.63) is 17.3 Å². The van der Waals surface area contributed by atoms with Crippen molar-refractivity contribution in [3.63, 3.8) is 0 Å². The standard InChI is InChI=1S/C12H21N3O3/c1-7-8(2)17-10(15-7)9(13)6-14-11(16)18-12(3,4)5/h9H,6,13H2,1-5H3,(H,14,16). The fourth-order valence-electron chi connectivity index (χ4n) is 1.25. The summed E-state index contributed by atoms with van der Waals surface area (Å²) >= 11 is 0. The van der Waals surface area contributed by atoms with Crippen LogP contribution < -0.4 is 11.1 Å². The fourth-order valence-corrected chi connectivity index (χ4v) is 1.25. The summed E-state index contributed by atoms with van der Waals surface area (Å²) in [5, 5.41) is 2.58. The Hall–Kier alpha value is -1.56. The molecular formula is C12H21N3O3. The lowest BCUT2D eigenvalue weighted by atomic mass is 10.2. The first-order valence-corrected chi connectivity index (χ1v) is 5.85. The van der Waals surface area contributed by atoms with Gasteiger partial charge in [0.25, 0.3) is 0 Å². The predicted molar refractivity (Wildman–Crippen MR) is 67.1 cm³/mol. The Labute approximate surface area is 107 Å². The van der Waals surface area contributed by atoms with Gasteiger partial charge < -0.3 is 20.2 Å². The molecule has 1 unspecified atom stereocenters. The molecule has 0 aliphatic rings. The van der Waals surface area contributed by atoms with Gasteiger partial charge >= 0.3 is 6.09 Å². The minimum absolute atomic E-state index is 0.217. The molecule has 18 heavy (non-hydrogen) atoms. The molecule has 1 heterocycles. The summed E-state index contributed by atoms with van der Waals surface area (Å²) in [6.45, 7) is 9.28. The first kappa shape index (κ1) is 14.5. The summed E-state index contributed by atoms with van der Waals surface area (Å²) in [6.07, 6.45) is -0.502. The summed E-state index contributed by atoms with van der Waals surface area (Å²) in [4.78, 5) is 15.6. The molecule has 3 N–H and O–H groups in total. The molecule has 0 fully saturated rings. The van der Waals surface area contributed by atoms with E-state index in [0.29, 0.717) is 5.89 Å². The third-order valence-electron chi connectivity index (χ3n) is 2.23. The molecule has 0 spiro atoms. The summed E-state index contributed by atoms with van der Waals surface area (Å²) < 4.78 is 10.5. The van der Waals surface area contributed by atoms with Gasteiger partial charge in [-0.3, -0.25) is 0 Å². The molecule has 1 atom stereocenters. The van der Waals surface area contributed by atoms with Gasteiger partial charge in [-0.1, -0.05) is 0 Å². The van der Waals surface area contributed by atoms with Crippen LogP contribution in [0.5, 0.6) is 0 Å². The number of aryl methyl sites for hydroxylation is 2. The summed E-state index contributed by atoms with van der Waals surface area (Å²) in [5.74, 6) is 1.15. The second-order valence-electron chi connectivity index (χ2n) is 5.18. The Morgan fingerprint density at radius 2 is 2.11 bits per heavy atom. The van der Waals surface area contributed by atoms with Crippen LogP contribution in [0, 0.1) is 13.8 Å². The Morgan fingerprint density at radius 1 is 1.50 bits per heavy atom. The molecule has 102 valence electrons. The monoisotopic (exact) mass is 255 g/mol. The highest BCUT2D eigenvalue weighted by Gasteiger charge is 2.19. The zero-order chi connectivity index (χ0) is 13.9. The molecule has 0 aliphatic heterocycles. The van der Waals surface area contributed by atoms with E-state index in [9.17, 15) is 4.79 Å². The van der Waals surface area contributed by atoms with Crippen molar-refractivity contribution in [1.82, 2.24) is 10.3 Å². The van der Waals surface area contributed by atoms with E-state index in [2.05, 4.69) is 10.3 Å². The van der Waals surface area contributed by atoms with Gasteiger partial charge in [0.1, 0.15) is 11.4 Å². The smallest absolute Gasteiger partial charge is 0.407 e. The predicted octanol–water partition coefficient (Wildman–Crippen LogP) is 1.82. The van der Waals surface area contributed by atoms with Crippen LogP contribution in [0.2, 0.25) is 0 Å². The van der Waals surface area contributed by atoms with Gasteiger partial charge in [-0.2, -0.15) is 0 Å². The molecule has 1 amide bonds. The van der Waals surface area contributed by atoms with Gasteiger partial charge in [-0.15, -0.1) is 0 Å². The molecule has 0 saturated heterocycles. The van der Waals surface area contributed by atoms with E-state index >= 15 is 0 Å². The van der Waals surface area contributed by atoms with Gasteiger partial charge in [0, 0.05) is 6.54 Å². The zero-order valence-corrected chi connectivity index (χ0v) is 11.5. The Balaban J connectivity index is 2.46. The quantitative estimate of drug-likeness (QED) is 0.859. The van der Waals surface area contributed by atoms with Crippen LogP contribution in [-0.2, 0) is 4.74 Å². The number of hydrogen-bond donors (Lipinski definition) is 2. The van der Waals surface area contributed by atoms with Crippen molar-refractivity contribution in [2.24, 2.45) is 5.73 Å². The van der Waals surface area contributed by atoms with Crippen molar-refractivity contribution < 1.29 is 13.9 Å². The number of oxazole rings is 1. The molecule has 0 aliphatic carbocycles. The molecule has 6 nitrogen and oxygen atoms in total. The average Bonchev–Trinajstić information content (AvgIpc) is 2.53. The van der Waals surface area contributed by atoms with Gasteiger partial charge in [-0.25, -0.2) is 9.78 Å². The summed E-state index contributed by atoms with van der Waals surface area (Å²) in [5.41, 5.74) is 6.14. The van der Waals surface area contributed by atoms with Crippen LogP contribution >= 0.6 is 0 Å². The van der Waals surface area contributed by atoms with Gasteiger partial charge in [0.15, 0.2) is 0 Å². The van der Waals surface area contributed by atoms with E-state index in [1.807, 2.05) is 13.8 Å². The van der Waals surface area contributed by atoms with Gasteiger partial charge in [0.2, 0.25) is 5.89 Å². The third-order valence-corrected chi connectivity index (χ3v) is 2.23. The number of ether oxygens (including phenoxy) is 1. The highest BCUT2D eigenvalue weighted by Crippen LogP contribution is 2.14. The maximum atomic E-state index is 11.4. The van der Waals surface area contributed by atoms with Crippen LogP contribution in [0.3, 0.4) is 0 Å². The number of nitrogens with two attached hydrogens (primary N) is 1. The van der Waals surface area contributed by atoms with Gasteiger partial charge in [-0.05, 0) is 34.6 Å². The van der Waals surface area contributed by atoms with E-state index in [1.54, 1.807) is 20.8 Å². The Kier molecular flexibility index (Phi) is 4.34. The lowest BCUT2D eigenvalue weighted by molar-refractivity contribution is 0.0523. The molecule has 0 saturated carbocycles. The number of amides is 1. The summed E-state index contributed by atoms with van der Waals surface area (Å²) in [6, 6.07) is -0.482. The number of carbonyl (C=O) groups is 1. The number of carbonyl (C=O) groups excluding carboxylic acids is 1. The summed E-state index contributed by atoms with van der Waals surface area (Å²) in [7, 11) is 0. The van der Waals surface area contributed by atoms with E-state index in [4.69, 9.17) is 14.9 Å². The first-order chi connectivity index (χ1) is 8.19. The largest absolute Gasteiger partial charge is 0.444 e. The van der Waals surface area contributed by atoms with E-state index in [1.165, 1.54) is 0 Å². The highest BCUT2D eigenvalue weighted by molar-refractivity contribution is 5.67. The normalized spacial score (nSPS) is 13.2. The van der Waals surface area contributed by atoms with Crippen LogP contribution in [-0.4, -0.2) is 23.2 Å². The maximum absolute atomic E-state index is 11.4. The number of aromatic nitrogens is 1. The van der Waals surface area contributed by atoms with E-state index in [0.717, 1.165) is 11.5 Å². The second-order valence-corrected chi connectivity index (χ2v) is 5.18. The van der Waals surface area contributed by atoms with Crippen molar-refractivity contribution >= 4 is 6.09 Å². The Bertz CT molecular complexity index is 401. The van der Waals surface area contributed by atoms with Crippen molar-refractivity contribution in [2.45, 2.75) is 46.3 Å². The van der Waals surface area contributed by atoms with Crippen molar-refractivity contribution in [1.29, 1.82) is 0 Å². The van der Waals surface area contributed by atoms with Crippen molar-refractivity contribution in [3.8, 4) is 0 Å². The molecule has 1 aromatic heterocycles. The SMILES string of the molecule is Cc1nc(C(N)CNC(=O)OC(C)(C)C)oc1C. The molecule has 0 bridgehead atoms. The molecule has 1 rings (SSSR count). The Morgan fingerprint density at radius 3 is 2.56 bits per heavy atom. The number of nitrogens with one attached hydrogen (secondary N) is 1.